The van der Waals surface area contributed by atoms with E-state index in [1.807, 2.05) is 0 Å². The summed E-state index contributed by atoms with van der Waals surface area (Å²) < 4.78 is 11.9. The predicted molar refractivity (Wildman–Crippen MR) is 132 cm³/mol. The number of hydrogen-bond acceptors (Lipinski definition) is 6. The molecule has 1 aliphatic carbocycles. The third kappa shape index (κ3) is 5.12. The van der Waals surface area contributed by atoms with Crippen molar-refractivity contribution in [3.63, 3.8) is 0 Å². The summed E-state index contributed by atoms with van der Waals surface area (Å²) in [6, 6.07) is 5.35. The molecule has 0 amide bonds. The van der Waals surface area contributed by atoms with Crippen LogP contribution in [0.5, 0.6) is 11.5 Å². The first-order valence-electron chi connectivity index (χ1n) is 12.3. The highest BCUT2D eigenvalue weighted by Gasteiger charge is 2.25. The van der Waals surface area contributed by atoms with Crippen LogP contribution < -0.4 is 14.8 Å². The minimum Gasteiger partial charge on any atom is -0.493 e. The molecule has 1 saturated heterocycles. The Morgan fingerprint density at radius 1 is 1.16 bits per heavy atom. The van der Waals surface area contributed by atoms with Crippen molar-refractivity contribution in [2.75, 3.05) is 52.8 Å². The van der Waals surface area contributed by atoms with Crippen molar-refractivity contribution in [1.29, 1.82) is 0 Å². The van der Waals surface area contributed by atoms with Gasteiger partial charge in [0.05, 0.1) is 19.2 Å². The second-order valence-electron chi connectivity index (χ2n) is 9.84. The molecule has 1 N–H and O–H groups in total. The van der Waals surface area contributed by atoms with E-state index in [0.29, 0.717) is 18.7 Å². The Balaban J connectivity index is 1.60. The van der Waals surface area contributed by atoms with Crippen LogP contribution in [0.2, 0.25) is 0 Å². The van der Waals surface area contributed by atoms with Crippen LogP contribution in [0.3, 0.4) is 0 Å². The van der Waals surface area contributed by atoms with Gasteiger partial charge in [0.15, 0.2) is 11.5 Å². The molecule has 1 aromatic carbocycles. The van der Waals surface area contributed by atoms with Crippen LogP contribution in [0.4, 0.5) is 5.69 Å². The number of aromatic nitrogens is 1. The van der Waals surface area contributed by atoms with Gasteiger partial charge in [-0.05, 0) is 78.1 Å². The smallest absolute Gasteiger partial charge is 0.163 e. The Labute approximate surface area is 193 Å². The third-order valence-electron chi connectivity index (χ3n) is 6.91. The molecule has 0 spiro atoms. The fourth-order valence-electron chi connectivity index (χ4n) is 5.03. The zero-order chi connectivity index (χ0) is 22.7. The van der Waals surface area contributed by atoms with Crippen molar-refractivity contribution in [2.45, 2.75) is 64.5 Å². The lowest BCUT2D eigenvalue weighted by molar-refractivity contribution is 0.177. The quantitative estimate of drug-likeness (QED) is 0.585. The van der Waals surface area contributed by atoms with Crippen molar-refractivity contribution in [3.8, 4) is 11.5 Å². The molecule has 6 nitrogen and oxygen atoms in total. The van der Waals surface area contributed by atoms with E-state index in [0.717, 1.165) is 61.3 Å². The molecular formula is C26H40N4O2. The Kier molecular flexibility index (Phi) is 7.41. The number of rotatable bonds is 9. The van der Waals surface area contributed by atoms with Gasteiger partial charge in [0.1, 0.15) is 0 Å². The van der Waals surface area contributed by atoms with E-state index in [2.05, 4.69) is 55.2 Å². The van der Waals surface area contributed by atoms with Crippen LogP contribution in [-0.2, 0) is 12.8 Å². The second kappa shape index (κ2) is 10.3. The zero-order valence-electron chi connectivity index (χ0n) is 20.5. The molecule has 4 rings (SSSR count). The lowest BCUT2D eigenvalue weighted by Gasteiger charge is -2.35. The molecule has 1 aliphatic heterocycles. The van der Waals surface area contributed by atoms with Gasteiger partial charge in [0.2, 0.25) is 0 Å². The molecule has 0 atom stereocenters. The molecule has 2 aromatic rings. The van der Waals surface area contributed by atoms with Gasteiger partial charge in [-0.25, -0.2) is 0 Å². The lowest BCUT2D eigenvalue weighted by atomic mass is 10.0. The number of ether oxygens (including phenoxy) is 2. The van der Waals surface area contributed by atoms with Gasteiger partial charge in [0, 0.05) is 54.6 Å². The van der Waals surface area contributed by atoms with Gasteiger partial charge >= 0.3 is 0 Å². The molecule has 0 unspecified atom stereocenters. The summed E-state index contributed by atoms with van der Waals surface area (Å²) in [5.41, 5.74) is 4.95. The van der Waals surface area contributed by atoms with Crippen LogP contribution in [-0.4, -0.2) is 74.3 Å². The van der Waals surface area contributed by atoms with Gasteiger partial charge in [0.25, 0.3) is 0 Å². The van der Waals surface area contributed by atoms with Crippen LogP contribution in [0.25, 0.3) is 10.9 Å². The van der Waals surface area contributed by atoms with Crippen LogP contribution in [0, 0.1) is 0 Å². The number of fused-ring (bicyclic) bond motifs is 2. The molecule has 32 heavy (non-hydrogen) atoms. The SMILES string of the molecule is COc1cc2c(NC3CCN(C(C)C)CC3)c3c(nc2cc1OCCCN(C)C)CCC3. The summed E-state index contributed by atoms with van der Waals surface area (Å²) in [4.78, 5) is 9.80. The van der Waals surface area contributed by atoms with Gasteiger partial charge in [-0.15, -0.1) is 0 Å². The van der Waals surface area contributed by atoms with E-state index < -0.39 is 0 Å². The molecule has 1 fully saturated rings. The number of anilines is 1. The summed E-state index contributed by atoms with van der Waals surface area (Å²) in [6.07, 6.45) is 6.70. The molecular weight excluding hydrogens is 400 g/mol. The first kappa shape index (κ1) is 23.1. The normalized spacial score (nSPS) is 17.3. The van der Waals surface area contributed by atoms with E-state index in [-0.39, 0.29) is 0 Å². The minimum atomic E-state index is 0.508. The maximum atomic E-state index is 6.11. The Hall–Kier alpha value is -2.05. The number of pyridine rings is 1. The Morgan fingerprint density at radius 3 is 2.62 bits per heavy atom. The maximum absolute atomic E-state index is 6.11. The number of likely N-dealkylation sites (tertiary alicyclic amines) is 1. The van der Waals surface area contributed by atoms with E-state index in [9.17, 15) is 0 Å². The lowest BCUT2D eigenvalue weighted by Crippen LogP contribution is -2.42. The fourth-order valence-corrected chi connectivity index (χ4v) is 5.03. The number of methoxy groups -OCH3 is 1. The van der Waals surface area contributed by atoms with E-state index in [1.54, 1.807) is 7.11 Å². The summed E-state index contributed by atoms with van der Waals surface area (Å²) >= 11 is 0. The van der Waals surface area contributed by atoms with Crippen molar-refractivity contribution in [2.24, 2.45) is 0 Å². The first-order valence-corrected chi connectivity index (χ1v) is 12.3. The van der Waals surface area contributed by atoms with Crippen LogP contribution in [0.15, 0.2) is 12.1 Å². The average molecular weight is 441 g/mol. The largest absolute Gasteiger partial charge is 0.493 e. The Morgan fingerprint density at radius 2 is 1.94 bits per heavy atom. The highest BCUT2D eigenvalue weighted by Crippen LogP contribution is 2.40. The third-order valence-corrected chi connectivity index (χ3v) is 6.91. The number of aryl methyl sites for hydroxylation is 1. The molecule has 0 bridgehead atoms. The average Bonchev–Trinajstić information content (AvgIpc) is 3.24. The summed E-state index contributed by atoms with van der Waals surface area (Å²) in [5.74, 6) is 1.58. The Bertz CT molecular complexity index is 920. The van der Waals surface area contributed by atoms with E-state index in [4.69, 9.17) is 14.5 Å². The maximum Gasteiger partial charge on any atom is 0.163 e. The molecule has 2 aliphatic rings. The predicted octanol–water partition coefficient (Wildman–Crippen LogP) is 4.35. The fraction of sp³-hybridized carbons (Fsp3) is 0.654. The summed E-state index contributed by atoms with van der Waals surface area (Å²) in [5, 5.41) is 5.11. The van der Waals surface area contributed by atoms with Gasteiger partial charge in [-0.1, -0.05) is 0 Å². The van der Waals surface area contributed by atoms with Crippen LogP contribution in [0.1, 0.15) is 50.8 Å². The highest BCUT2D eigenvalue weighted by molar-refractivity contribution is 5.96. The molecule has 2 heterocycles. The van der Waals surface area contributed by atoms with Crippen molar-refractivity contribution in [1.82, 2.24) is 14.8 Å². The molecule has 1 aromatic heterocycles. The zero-order valence-corrected chi connectivity index (χ0v) is 20.5. The number of hydrogen-bond donors (Lipinski definition) is 1. The molecule has 0 saturated carbocycles. The van der Waals surface area contributed by atoms with Crippen LogP contribution >= 0.6 is 0 Å². The van der Waals surface area contributed by atoms with Crippen molar-refractivity contribution in [3.05, 3.63) is 23.4 Å². The molecule has 176 valence electrons. The number of nitrogens with zero attached hydrogens (tertiary/aromatic N) is 3. The summed E-state index contributed by atoms with van der Waals surface area (Å²) in [6.45, 7) is 8.59. The van der Waals surface area contributed by atoms with Crippen molar-refractivity contribution < 1.29 is 9.47 Å². The van der Waals surface area contributed by atoms with Gasteiger partial charge in [-0.3, -0.25) is 4.98 Å². The molecule has 6 heteroatoms. The van der Waals surface area contributed by atoms with Gasteiger partial charge < -0.3 is 24.6 Å². The standard InChI is InChI=1S/C26H40N4O2/c1-18(2)30-13-10-19(11-14-30)27-26-20-8-6-9-22(20)28-23-17-25(24(31-5)16-21(23)26)32-15-7-12-29(3)4/h16-19H,6-15H2,1-5H3,(H,27,28). The minimum absolute atomic E-state index is 0.508. The van der Waals surface area contributed by atoms with E-state index in [1.165, 1.54) is 36.2 Å². The first-order chi connectivity index (χ1) is 15.5. The van der Waals surface area contributed by atoms with Crippen molar-refractivity contribution >= 4 is 16.6 Å². The van der Waals surface area contributed by atoms with E-state index >= 15 is 0 Å². The second-order valence-corrected chi connectivity index (χ2v) is 9.84. The monoisotopic (exact) mass is 440 g/mol. The highest BCUT2D eigenvalue weighted by atomic mass is 16.5. The number of piperidine rings is 1. The van der Waals surface area contributed by atoms with Gasteiger partial charge in [-0.2, -0.15) is 0 Å². The molecule has 0 radical (unpaired) electrons. The topological polar surface area (TPSA) is 49.9 Å². The number of benzene rings is 1. The number of nitrogens with one attached hydrogen (secondary N) is 1. The summed E-state index contributed by atoms with van der Waals surface area (Å²) in [7, 11) is 5.90.